The van der Waals surface area contributed by atoms with Crippen LogP contribution in [0.5, 0.6) is 0 Å². The van der Waals surface area contributed by atoms with E-state index < -0.39 is 5.41 Å². The van der Waals surface area contributed by atoms with E-state index in [1.54, 1.807) is 6.07 Å². The lowest BCUT2D eigenvalue weighted by molar-refractivity contribution is -0.123. The van der Waals surface area contributed by atoms with Crippen LogP contribution in [-0.4, -0.2) is 24.4 Å². The SMILES string of the molecule is CN1Cc2c(Cl)cc(Cl)cc2C(c2cccc(NC(=O)C(C)(C)C)c2)C1. The Kier molecular flexibility index (Phi) is 5.34. The van der Waals surface area contributed by atoms with Gasteiger partial charge in [-0.2, -0.15) is 0 Å². The van der Waals surface area contributed by atoms with Gasteiger partial charge in [0, 0.05) is 40.2 Å². The summed E-state index contributed by atoms with van der Waals surface area (Å²) in [4.78, 5) is 14.6. The lowest BCUT2D eigenvalue weighted by Gasteiger charge is -2.33. The number of nitrogens with one attached hydrogen (secondary N) is 1. The molecule has 5 heteroatoms. The van der Waals surface area contributed by atoms with Crippen LogP contribution in [-0.2, 0) is 11.3 Å². The van der Waals surface area contributed by atoms with E-state index in [0.29, 0.717) is 10.0 Å². The number of carbonyl (C=O) groups excluding carboxylic acids is 1. The first-order valence-corrected chi connectivity index (χ1v) is 9.48. The van der Waals surface area contributed by atoms with Gasteiger partial charge in [-0.3, -0.25) is 4.79 Å². The summed E-state index contributed by atoms with van der Waals surface area (Å²) in [6, 6.07) is 11.9. The van der Waals surface area contributed by atoms with Crippen LogP contribution in [0.4, 0.5) is 5.69 Å². The van der Waals surface area contributed by atoms with E-state index >= 15 is 0 Å². The first-order valence-electron chi connectivity index (χ1n) is 8.73. The topological polar surface area (TPSA) is 32.3 Å². The summed E-state index contributed by atoms with van der Waals surface area (Å²) in [5.74, 6) is 0.161. The van der Waals surface area contributed by atoms with Crippen LogP contribution in [0.15, 0.2) is 36.4 Å². The molecule has 3 rings (SSSR count). The zero-order chi connectivity index (χ0) is 19.1. The molecule has 138 valence electrons. The maximum Gasteiger partial charge on any atom is 0.229 e. The Morgan fingerprint density at radius 2 is 1.92 bits per heavy atom. The highest BCUT2D eigenvalue weighted by Gasteiger charge is 2.27. The van der Waals surface area contributed by atoms with Crippen molar-refractivity contribution in [2.24, 2.45) is 5.41 Å². The van der Waals surface area contributed by atoms with E-state index in [1.807, 2.05) is 45.0 Å². The minimum absolute atomic E-state index is 0.00176. The maximum atomic E-state index is 12.3. The van der Waals surface area contributed by atoms with E-state index in [0.717, 1.165) is 29.9 Å². The second kappa shape index (κ2) is 7.22. The monoisotopic (exact) mass is 390 g/mol. The number of hydrogen-bond acceptors (Lipinski definition) is 2. The molecule has 3 nitrogen and oxygen atoms in total. The van der Waals surface area contributed by atoms with Gasteiger partial charge in [-0.1, -0.05) is 56.1 Å². The molecular formula is C21H24Cl2N2O. The Balaban J connectivity index is 1.98. The maximum absolute atomic E-state index is 12.3. The molecule has 0 aliphatic carbocycles. The highest BCUT2D eigenvalue weighted by molar-refractivity contribution is 6.35. The Morgan fingerprint density at radius 1 is 1.19 bits per heavy atom. The minimum atomic E-state index is -0.436. The number of fused-ring (bicyclic) bond motifs is 1. The molecule has 2 aromatic rings. The number of carbonyl (C=O) groups is 1. The highest BCUT2D eigenvalue weighted by Crippen LogP contribution is 2.38. The van der Waals surface area contributed by atoms with E-state index in [4.69, 9.17) is 23.2 Å². The number of likely N-dealkylation sites (N-methyl/N-ethyl adjacent to an activating group) is 1. The van der Waals surface area contributed by atoms with Crippen LogP contribution in [0.25, 0.3) is 0 Å². The van der Waals surface area contributed by atoms with E-state index in [2.05, 4.69) is 23.3 Å². The average Bonchev–Trinajstić information content (AvgIpc) is 2.54. The Labute approximate surface area is 165 Å². The van der Waals surface area contributed by atoms with Crippen molar-refractivity contribution in [3.63, 3.8) is 0 Å². The molecule has 1 unspecified atom stereocenters. The van der Waals surface area contributed by atoms with E-state index in [1.165, 1.54) is 5.56 Å². The summed E-state index contributed by atoms with van der Waals surface area (Å²) in [6.45, 7) is 7.40. The van der Waals surface area contributed by atoms with Crippen LogP contribution in [0, 0.1) is 5.41 Å². The van der Waals surface area contributed by atoms with Crippen LogP contribution in [0.1, 0.15) is 43.4 Å². The molecule has 1 aliphatic heterocycles. The summed E-state index contributed by atoms with van der Waals surface area (Å²) in [7, 11) is 2.09. The molecule has 1 amide bonds. The van der Waals surface area contributed by atoms with E-state index in [-0.39, 0.29) is 11.8 Å². The predicted molar refractivity (Wildman–Crippen MR) is 109 cm³/mol. The van der Waals surface area contributed by atoms with Crippen LogP contribution in [0.3, 0.4) is 0 Å². The van der Waals surface area contributed by atoms with Gasteiger partial charge in [0.25, 0.3) is 0 Å². The lowest BCUT2D eigenvalue weighted by Crippen LogP contribution is -2.31. The van der Waals surface area contributed by atoms with Gasteiger partial charge in [-0.25, -0.2) is 0 Å². The standard InChI is InChI=1S/C21H24Cl2N2O/c1-21(2,3)20(26)24-15-7-5-6-13(8-15)17-11-25(4)12-18-16(17)9-14(22)10-19(18)23/h5-10,17H,11-12H2,1-4H3,(H,24,26). The number of amides is 1. The van der Waals surface area contributed by atoms with Gasteiger partial charge >= 0.3 is 0 Å². The Bertz CT molecular complexity index is 842. The third-order valence-corrected chi connectivity index (χ3v) is 5.28. The Hall–Kier alpha value is -1.55. The van der Waals surface area contributed by atoms with Crippen LogP contribution < -0.4 is 5.32 Å². The average molecular weight is 391 g/mol. The number of halogens is 2. The molecule has 0 aromatic heterocycles. The van der Waals surface area contributed by atoms with Crippen molar-refractivity contribution >= 4 is 34.8 Å². The second-order valence-electron chi connectivity index (χ2n) is 8.03. The van der Waals surface area contributed by atoms with Gasteiger partial charge in [0.15, 0.2) is 0 Å². The van der Waals surface area contributed by atoms with Crippen LogP contribution in [0.2, 0.25) is 10.0 Å². The first kappa shape index (κ1) is 19.2. The number of rotatable bonds is 2. The smallest absolute Gasteiger partial charge is 0.229 e. The number of nitrogens with zero attached hydrogens (tertiary/aromatic N) is 1. The van der Waals surface area contributed by atoms with Gasteiger partial charge in [0.05, 0.1) is 0 Å². The third kappa shape index (κ3) is 4.06. The summed E-state index contributed by atoms with van der Waals surface area (Å²) >= 11 is 12.7. The fraction of sp³-hybridized carbons (Fsp3) is 0.381. The zero-order valence-corrected chi connectivity index (χ0v) is 17.1. The van der Waals surface area contributed by atoms with Gasteiger partial charge in [-0.05, 0) is 48.0 Å². The molecule has 0 bridgehead atoms. The molecule has 1 heterocycles. The fourth-order valence-corrected chi connectivity index (χ4v) is 3.85. The Morgan fingerprint density at radius 3 is 2.62 bits per heavy atom. The second-order valence-corrected chi connectivity index (χ2v) is 8.88. The highest BCUT2D eigenvalue weighted by atomic mass is 35.5. The number of anilines is 1. The zero-order valence-electron chi connectivity index (χ0n) is 15.6. The molecule has 0 fully saturated rings. The van der Waals surface area contributed by atoms with E-state index in [9.17, 15) is 4.79 Å². The molecule has 0 radical (unpaired) electrons. The molecule has 1 N–H and O–H groups in total. The van der Waals surface area contributed by atoms with Crippen molar-refractivity contribution in [3.8, 4) is 0 Å². The molecule has 2 aromatic carbocycles. The summed E-state index contributed by atoms with van der Waals surface area (Å²) in [6.07, 6.45) is 0. The van der Waals surface area contributed by atoms with Gasteiger partial charge < -0.3 is 10.2 Å². The molecule has 1 aliphatic rings. The normalized spacial score (nSPS) is 17.7. The van der Waals surface area contributed by atoms with Gasteiger partial charge in [-0.15, -0.1) is 0 Å². The quantitative estimate of drug-likeness (QED) is 0.728. The summed E-state index contributed by atoms with van der Waals surface area (Å²) < 4.78 is 0. The molecule has 1 atom stereocenters. The van der Waals surface area contributed by atoms with Crippen molar-refractivity contribution in [2.75, 3.05) is 18.9 Å². The van der Waals surface area contributed by atoms with Crippen molar-refractivity contribution < 1.29 is 4.79 Å². The van der Waals surface area contributed by atoms with Crippen LogP contribution >= 0.6 is 23.2 Å². The molecule has 0 saturated carbocycles. The minimum Gasteiger partial charge on any atom is -0.326 e. The van der Waals surface area contributed by atoms with Crippen molar-refractivity contribution in [3.05, 3.63) is 63.1 Å². The molecule has 0 spiro atoms. The lowest BCUT2D eigenvalue weighted by atomic mass is 9.84. The third-order valence-electron chi connectivity index (χ3n) is 4.72. The molecule has 0 saturated heterocycles. The summed E-state index contributed by atoms with van der Waals surface area (Å²) in [5, 5.41) is 4.38. The molecule has 26 heavy (non-hydrogen) atoms. The van der Waals surface area contributed by atoms with Crippen molar-refractivity contribution in [2.45, 2.75) is 33.2 Å². The first-order chi connectivity index (χ1) is 12.1. The number of benzene rings is 2. The van der Waals surface area contributed by atoms with Gasteiger partial charge in [0.2, 0.25) is 5.91 Å². The summed E-state index contributed by atoms with van der Waals surface area (Å²) in [5.41, 5.74) is 3.81. The fourth-order valence-electron chi connectivity index (χ4n) is 3.28. The van der Waals surface area contributed by atoms with Crippen molar-refractivity contribution in [1.29, 1.82) is 0 Å². The van der Waals surface area contributed by atoms with Crippen molar-refractivity contribution in [1.82, 2.24) is 4.90 Å². The van der Waals surface area contributed by atoms with Gasteiger partial charge in [0.1, 0.15) is 0 Å². The largest absolute Gasteiger partial charge is 0.326 e. The number of hydrogen-bond donors (Lipinski definition) is 1. The molecular weight excluding hydrogens is 367 g/mol. The predicted octanol–water partition coefficient (Wildman–Crippen LogP) is 5.56.